The van der Waals surface area contributed by atoms with E-state index in [4.69, 9.17) is 4.74 Å². The maximum Gasteiger partial charge on any atom is 0.241 e. The quantitative estimate of drug-likeness (QED) is 0.821. The summed E-state index contributed by atoms with van der Waals surface area (Å²) >= 11 is 0. The van der Waals surface area contributed by atoms with E-state index in [2.05, 4.69) is 25.3 Å². The number of benzene rings is 1. The first-order chi connectivity index (χ1) is 9.44. The predicted molar refractivity (Wildman–Crippen MR) is 70.7 cm³/mol. The molecule has 0 aliphatic carbocycles. The fourth-order valence-electron chi connectivity index (χ4n) is 1.77. The second-order valence-electron chi connectivity index (χ2n) is 4.24. The summed E-state index contributed by atoms with van der Waals surface area (Å²) < 4.78 is 32.1. The summed E-state index contributed by atoms with van der Waals surface area (Å²) in [5.74, 6) is 0.927. The van der Waals surface area contributed by atoms with Crippen molar-refractivity contribution in [3.63, 3.8) is 0 Å². The van der Waals surface area contributed by atoms with E-state index in [9.17, 15) is 8.42 Å². The molecule has 1 aromatic heterocycles. The summed E-state index contributed by atoms with van der Waals surface area (Å²) in [6.45, 7) is 3.48. The number of nitrogens with one attached hydrogen (secondary N) is 2. The third-order valence-corrected chi connectivity index (χ3v) is 4.33. The molecule has 0 saturated carbocycles. The van der Waals surface area contributed by atoms with Crippen molar-refractivity contribution in [2.24, 2.45) is 0 Å². The van der Waals surface area contributed by atoms with Crippen molar-refractivity contribution in [3.8, 4) is 5.75 Å². The standard InChI is InChI=1S/C11H15N5O3S/c1-7-5-10(8(2)4-9(7)19-3)20(17,18)12-6-11-13-15-16-14-11/h4-5,12H,6H2,1-3H3,(H,13,14,15,16). The first kappa shape index (κ1) is 14.4. The molecular weight excluding hydrogens is 282 g/mol. The second-order valence-corrected chi connectivity index (χ2v) is 5.98. The van der Waals surface area contributed by atoms with E-state index in [1.165, 1.54) is 0 Å². The summed E-state index contributed by atoms with van der Waals surface area (Å²) in [6.07, 6.45) is 0. The van der Waals surface area contributed by atoms with Crippen LogP contribution in [0.1, 0.15) is 17.0 Å². The van der Waals surface area contributed by atoms with Gasteiger partial charge in [0.1, 0.15) is 5.75 Å². The van der Waals surface area contributed by atoms with Crippen molar-refractivity contribution in [1.29, 1.82) is 0 Å². The van der Waals surface area contributed by atoms with E-state index in [0.29, 0.717) is 11.3 Å². The SMILES string of the molecule is COc1cc(C)c(S(=O)(=O)NCc2nn[nH]n2)cc1C. The Morgan fingerprint density at radius 1 is 1.30 bits per heavy atom. The van der Waals surface area contributed by atoms with Crippen LogP contribution in [-0.4, -0.2) is 36.2 Å². The van der Waals surface area contributed by atoms with Gasteiger partial charge < -0.3 is 4.74 Å². The maximum atomic E-state index is 12.3. The minimum atomic E-state index is -3.64. The molecule has 0 amide bonds. The largest absolute Gasteiger partial charge is 0.496 e. The topological polar surface area (TPSA) is 110 Å². The molecule has 2 N–H and O–H groups in total. The van der Waals surface area contributed by atoms with Gasteiger partial charge in [-0.1, -0.05) is 5.21 Å². The molecule has 2 rings (SSSR count). The van der Waals surface area contributed by atoms with E-state index in [1.807, 2.05) is 0 Å². The summed E-state index contributed by atoms with van der Waals surface area (Å²) in [4.78, 5) is 0.208. The van der Waals surface area contributed by atoms with Gasteiger partial charge in [-0.2, -0.15) is 5.21 Å². The van der Waals surface area contributed by atoms with Crippen LogP contribution in [0.2, 0.25) is 0 Å². The first-order valence-electron chi connectivity index (χ1n) is 5.81. The predicted octanol–water partition coefficient (Wildman–Crippen LogP) is 0.304. The Kier molecular flexibility index (Phi) is 4.00. The molecule has 2 aromatic rings. The number of rotatable bonds is 5. The van der Waals surface area contributed by atoms with Gasteiger partial charge in [0.25, 0.3) is 0 Å². The molecule has 20 heavy (non-hydrogen) atoms. The Balaban J connectivity index is 2.27. The van der Waals surface area contributed by atoms with Gasteiger partial charge in [-0.3, -0.25) is 0 Å². The minimum Gasteiger partial charge on any atom is -0.496 e. The number of methoxy groups -OCH3 is 1. The first-order valence-corrected chi connectivity index (χ1v) is 7.29. The number of sulfonamides is 1. The summed E-state index contributed by atoms with van der Waals surface area (Å²) in [7, 11) is -2.10. The van der Waals surface area contributed by atoms with E-state index in [1.54, 1.807) is 33.1 Å². The Morgan fingerprint density at radius 3 is 2.65 bits per heavy atom. The van der Waals surface area contributed by atoms with Gasteiger partial charge in [0.05, 0.1) is 18.6 Å². The molecule has 1 aromatic carbocycles. The van der Waals surface area contributed by atoms with Crippen LogP contribution in [0.3, 0.4) is 0 Å². The molecule has 0 atom stereocenters. The molecule has 8 nitrogen and oxygen atoms in total. The van der Waals surface area contributed by atoms with Crippen molar-refractivity contribution >= 4 is 10.0 Å². The third-order valence-electron chi connectivity index (χ3n) is 2.79. The van der Waals surface area contributed by atoms with Crippen LogP contribution in [0.4, 0.5) is 0 Å². The molecular formula is C11H15N5O3S. The number of H-pyrrole nitrogens is 1. The zero-order valence-corrected chi connectivity index (χ0v) is 12.2. The van der Waals surface area contributed by atoms with Crippen molar-refractivity contribution in [2.75, 3.05) is 7.11 Å². The highest BCUT2D eigenvalue weighted by atomic mass is 32.2. The highest BCUT2D eigenvalue weighted by molar-refractivity contribution is 7.89. The van der Waals surface area contributed by atoms with Crippen LogP contribution in [0.5, 0.6) is 5.75 Å². The Hall–Kier alpha value is -2.00. The fourth-order valence-corrected chi connectivity index (χ4v) is 3.06. The zero-order chi connectivity index (χ0) is 14.8. The van der Waals surface area contributed by atoms with Crippen LogP contribution in [0, 0.1) is 13.8 Å². The van der Waals surface area contributed by atoms with Gasteiger partial charge in [0.15, 0.2) is 5.82 Å². The highest BCUT2D eigenvalue weighted by Crippen LogP contribution is 2.25. The highest BCUT2D eigenvalue weighted by Gasteiger charge is 2.19. The summed E-state index contributed by atoms with van der Waals surface area (Å²) in [6, 6.07) is 3.27. The van der Waals surface area contributed by atoms with Gasteiger partial charge in [-0.25, -0.2) is 13.1 Å². The Labute approximate surface area is 116 Å². The number of hydrogen-bond acceptors (Lipinski definition) is 6. The van der Waals surface area contributed by atoms with Gasteiger partial charge in [0, 0.05) is 0 Å². The summed E-state index contributed by atoms with van der Waals surface area (Å²) in [5.41, 5.74) is 1.35. The number of aromatic nitrogens is 4. The van der Waals surface area contributed by atoms with Crippen LogP contribution < -0.4 is 9.46 Å². The number of nitrogens with zero attached hydrogens (tertiary/aromatic N) is 3. The molecule has 0 fully saturated rings. The molecule has 0 saturated heterocycles. The number of aryl methyl sites for hydroxylation is 2. The normalized spacial score (nSPS) is 11.6. The molecule has 0 radical (unpaired) electrons. The van der Waals surface area contributed by atoms with E-state index >= 15 is 0 Å². The number of hydrogen-bond donors (Lipinski definition) is 2. The van der Waals surface area contributed by atoms with Gasteiger partial charge in [-0.15, -0.1) is 10.2 Å². The fraction of sp³-hybridized carbons (Fsp3) is 0.364. The Morgan fingerprint density at radius 2 is 2.05 bits per heavy atom. The lowest BCUT2D eigenvalue weighted by Gasteiger charge is -2.12. The second kappa shape index (κ2) is 5.55. The van der Waals surface area contributed by atoms with E-state index in [0.717, 1.165) is 5.56 Å². The summed E-state index contributed by atoms with van der Waals surface area (Å²) in [5, 5.41) is 13.0. The van der Waals surface area contributed by atoms with Crippen molar-refractivity contribution in [1.82, 2.24) is 25.3 Å². The lowest BCUT2D eigenvalue weighted by molar-refractivity contribution is 0.411. The number of ether oxygens (including phenoxy) is 1. The molecule has 9 heteroatoms. The smallest absolute Gasteiger partial charge is 0.241 e. The van der Waals surface area contributed by atoms with Gasteiger partial charge >= 0.3 is 0 Å². The van der Waals surface area contributed by atoms with Gasteiger partial charge in [0.2, 0.25) is 10.0 Å². The molecule has 108 valence electrons. The van der Waals surface area contributed by atoms with Crippen molar-refractivity contribution in [2.45, 2.75) is 25.3 Å². The molecule has 0 aliphatic heterocycles. The molecule has 0 aliphatic rings. The molecule has 0 spiro atoms. The maximum absolute atomic E-state index is 12.3. The Bertz CT molecular complexity index is 697. The van der Waals surface area contributed by atoms with Crippen molar-refractivity contribution in [3.05, 3.63) is 29.1 Å². The van der Waals surface area contributed by atoms with Crippen LogP contribution >= 0.6 is 0 Å². The third kappa shape index (κ3) is 2.94. The molecule has 1 heterocycles. The van der Waals surface area contributed by atoms with Crippen molar-refractivity contribution < 1.29 is 13.2 Å². The van der Waals surface area contributed by atoms with E-state index in [-0.39, 0.29) is 17.3 Å². The lowest BCUT2D eigenvalue weighted by Crippen LogP contribution is -2.24. The van der Waals surface area contributed by atoms with Gasteiger partial charge in [-0.05, 0) is 37.1 Å². The number of aromatic amines is 1. The molecule has 0 unspecified atom stereocenters. The number of tetrazole rings is 1. The van der Waals surface area contributed by atoms with Crippen LogP contribution in [-0.2, 0) is 16.6 Å². The average molecular weight is 297 g/mol. The van der Waals surface area contributed by atoms with E-state index < -0.39 is 10.0 Å². The lowest BCUT2D eigenvalue weighted by atomic mass is 10.1. The molecule has 0 bridgehead atoms. The zero-order valence-electron chi connectivity index (χ0n) is 11.3. The monoisotopic (exact) mass is 297 g/mol. The average Bonchev–Trinajstić information content (AvgIpc) is 2.92. The van der Waals surface area contributed by atoms with Crippen LogP contribution in [0.25, 0.3) is 0 Å². The van der Waals surface area contributed by atoms with Crippen LogP contribution in [0.15, 0.2) is 17.0 Å². The minimum absolute atomic E-state index is 0.0245.